The van der Waals surface area contributed by atoms with E-state index in [1.807, 2.05) is 0 Å². The summed E-state index contributed by atoms with van der Waals surface area (Å²) in [6.07, 6.45) is 0. The Kier molecular flexibility index (Phi) is 0. The molecule has 0 aliphatic heterocycles. The van der Waals surface area contributed by atoms with E-state index in [1.54, 1.807) is 0 Å². The van der Waals surface area contributed by atoms with Gasteiger partial charge >= 0.3 is 0 Å². The maximum atomic E-state index is 0. The van der Waals surface area contributed by atoms with Gasteiger partial charge in [-0.05, 0) is 0 Å². The molecule has 0 aromatic rings. The Morgan fingerprint density at radius 2 is 0.250 bits per heavy atom. The summed E-state index contributed by atoms with van der Waals surface area (Å²) in [6, 6.07) is 0. The van der Waals surface area contributed by atoms with Crippen LogP contribution in [0.15, 0.2) is 0 Å². The predicted molar refractivity (Wildman–Crippen MR) is 0 cm³/mol. The van der Waals surface area contributed by atoms with Crippen molar-refractivity contribution in [3.05, 3.63) is 0 Å². The summed E-state index contributed by atoms with van der Waals surface area (Å²) in [5.41, 5.74) is 0. The summed E-state index contributed by atoms with van der Waals surface area (Å²) >= 11 is 0. The second kappa shape index (κ2) is -0.250. The third-order valence-corrected chi connectivity index (χ3v) is 0. The zero-order valence-corrected chi connectivity index (χ0v) is 28.7. The van der Waals surface area contributed by atoms with Crippen LogP contribution < -0.4 is 0 Å². The standard InChI is InChI=1S/4Sg. The monoisotopic (exact) mass is 1080 g/mol. The van der Waals surface area contributed by atoms with Crippen molar-refractivity contribution in [2.75, 3.05) is 0 Å². The quantitative estimate of drug-likeness (QED) is 0.321. The number of hydrogen-bond donors (Lipinski definition) is 0. The van der Waals surface area contributed by atoms with Crippen LogP contribution in [0.5, 0.6) is 0 Å². The van der Waals surface area contributed by atoms with Gasteiger partial charge in [-0.25, -0.2) is 0 Å². The topological polar surface area (TPSA) is 0 Å². The van der Waals surface area contributed by atoms with Gasteiger partial charge in [0.25, 0.3) is 0 Å². The third kappa shape index (κ3) is -1.12. The molecule has 0 aliphatic carbocycles. The maximum Gasteiger partial charge on any atom is 0 e. The van der Waals surface area contributed by atoms with Crippen LogP contribution in [0.1, 0.15) is 0 Å². The van der Waals surface area contributed by atoms with Gasteiger partial charge in [0.1, 0.15) is 0 Å². The van der Waals surface area contributed by atoms with Crippen LogP contribution in [0, 0.1) is 0 Å². The van der Waals surface area contributed by atoms with E-state index in [2.05, 4.69) is 0 Å². The van der Waals surface area contributed by atoms with Crippen LogP contribution in [0.4, 0.5) is 0 Å². The van der Waals surface area contributed by atoms with Crippen molar-refractivity contribution in [2.45, 2.75) is 0 Å². The smallest absolute Gasteiger partial charge is 0 e. The normalized spacial score (nSPS) is 0. The van der Waals surface area contributed by atoms with Gasteiger partial charge in [-0.1, -0.05) is 0 Å². The van der Waals surface area contributed by atoms with E-state index in [0.29, 0.717) is 0 Å². The zero-order chi connectivity index (χ0) is 0. The number of hydrogen-bond acceptors (Lipinski definition) is 0. The van der Waals surface area contributed by atoms with E-state index in [1.165, 1.54) is 0 Å². The summed E-state index contributed by atoms with van der Waals surface area (Å²) in [5, 5.41) is 0. The van der Waals surface area contributed by atoms with Crippen molar-refractivity contribution >= 4 is 0 Å². The van der Waals surface area contributed by atoms with Gasteiger partial charge in [0.05, 0.1) is 0 Å². The molecule has 0 aliphatic rings. The van der Waals surface area contributed by atoms with Gasteiger partial charge in [0.15, 0.2) is 0 Å². The SMILES string of the molecule is [Sg].[Sg].[Sg].[Sg]. The third-order valence-electron chi connectivity index (χ3n) is 0. The van der Waals surface area contributed by atoms with Crippen LogP contribution >= 0.6 is 0 Å². The van der Waals surface area contributed by atoms with Crippen LogP contribution in [-0.4, -0.2) is 0 Å². The first kappa shape index (κ1) is 0. The van der Waals surface area contributed by atoms with E-state index in [9.17, 15) is 0 Å². The summed E-state index contributed by atoms with van der Waals surface area (Å²) < 4.78 is 0. The first-order valence-electron chi connectivity index (χ1n) is 0. The van der Waals surface area contributed by atoms with E-state index in [4.69, 9.17) is 0 Å². The molecule has 4 heteroatoms. The molecule has 0 aromatic carbocycles. The molecule has 0 rings (SSSR count). The van der Waals surface area contributed by atoms with Crippen LogP contribution in [0.3, 0.4) is 0 Å². The van der Waals surface area contributed by atoms with Crippen molar-refractivity contribution < 1.29 is 0 Å². The van der Waals surface area contributed by atoms with Crippen molar-refractivity contribution in [3.8, 4) is 0 Å². The van der Waals surface area contributed by atoms with Crippen LogP contribution in [0.2, 0.25) is 0 Å². The molecule has 0 saturated carbocycles. The van der Waals surface area contributed by atoms with Crippen molar-refractivity contribution in [3.63, 3.8) is 0 Å². The molecule has 0 heterocycles. The van der Waals surface area contributed by atoms with Gasteiger partial charge in [-0.2, -0.15) is 0 Å². The summed E-state index contributed by atoms with van der Waals surface area (Å²) in [6.45, 7) is 0. The molecule has 0 radical (unpaired) electrons. The molecular formula is Sg4. The van der Waals surface area contributed by atoms with Crippen molar-refractivity contribution in [2.24, 2.45) is 0 Å². The maximum absolute atomic E-state index is 0. The minimum absolute atomic E-state index is 0. The Balaban J connectivity index is 0. The fourth-order valence-corrected chi connectivity index (χ4v) is 0. The minimum Gasteiger partial charge on any atom is 0 e. The fraction of sp³-hybridized carbons (Fsp3) is 0. The minimum atomic E-state index is 0. The molecular weight excluding hydrogens is 1080 g/mol. The van der Waals surface area contributed by atoms with Gasteiger partial charge < -0.3 is 0 Å². The Morgan fingerprint density at radius 3 is 0.250 bits per heavy atom. The molecule has 8 valence electrons. The second-order valence-corrected chi connectivity index (χ2v) is 0. The summed E-state index contributed by atoms with van der Waals surface area (Å²) in [5.74, 6) is 0. The average molecular weight is 1080 g/mol. The Morgan fingerprint density at radius 1 is 0.250 bits per heavy atom. The molecule has 0 unspecified atom stereocenters. The van der Waals surface area contributed by atoms with Crippen molar-refractivity contribution in [1.82, 2.24) is 0 Å². The number of rotatable bonds is 0. The zero-order valence-electron chi connectivity index (χ0n) is 2.83. The molecule has 0 spiro atoms. The molecule has 4 heavy (non-hydrogen) atoms. The largest absolute Gasteiger partial charge is 0 e. The van der Waals surface area contributed by atoms with Gasteiger partial charge in [0, 0.05) is 0 Å². The Hall–Kier alpha value is -4.00. The summed E-state index contributed by atoms with van der Waals surface area (Å²) in [7, 11) is 0. The van der Waals surface area contributed by atoms with Crippen molar-refractivity contribution in [1.29, 1.82) is 0 Å². The molecule has 0 atom stereocenters. The van der Waals surface area contributed by atoms with Gasteiger partial charge in [-0.15, -0.1) is 0 Å². The van der Waals surface area contributed by atoms with Crippen LogP contribution in [-0.2, 0) is 0 Å². The predicted octanol–water partition coefficient (Wildman–Crippen LogP) is 0. The van der Waals surface area contributed by atoms with Crippen LogP contribution in [0.25, 0.3) is 0 Å². The average Bonchev–Trinajstić information content (AvgIpc) is 0. The molecule has 0 saturated heterocycles. The molecule has 0 bridgehead atoms. The molecule has 0 amide bonds. The van der Waals surface area contributed by atoms with Gasteiger partial charge in [0.2, 0.25) is 0 Å². The second-order valence-electron chi connectivity index (χ2n) is 0. The van der Waals surface area contributed by atoms with E-state index >= 15 is 0 Å². The first-order chi connectivity index (χ1) is 0. The van der Waals surface area contributed by atoms with E-state index in [-0.39, 0.29) is 0 Å². The molecule has 0 fully saturated rings. The molecule has 0 aromatic heterocycles. The first-order valence-corrected chi connectivity index (χ1v) is 0. The molecule has 0 nitrogen and oxygen atoms in total. The van der Waals surface area contributed by atoms with Gasteiger partial charge in [-0.3, -0.25) is 0 Å². The van der Waals surface area contributed by atoms with E-state index < -0.39 is 0 Å². The summed E-state index contributed by atoms with van der Waals surface area (Å²) in [4.78, 5) is 0. The Labute approximate surface area is 0 Å². The van der Waals surface area contributed by atoms with E-state index in [0.717, 1.165) is 0 Å². The molecule has 0 N–H and O–H groups in total. The Bertz CT molecular complexity index is 0. The fourth-order valence-electron chi connectivity index (χ4n) is 0.